The first-order valence-corrected chi connectivity index (χ1v) is 16.2. The number of hydrogen-bond donors (Lipinski definition) is 6. The molecule has 0 aromatic carbocycles. The lowest BCUT2D eigenvalue weighted by Crippen LogP contribution is -2.60. The van der Waals surface area contributed by atoms with Crippen molar-refractivity contribution in [2.45, 2.75) is 127 Å². The molecule has 0 aromatic heterocycles. The van der Waals surface area contributed by atoms with Gasteiger partial charge in [-0.1, -0.05) is 106 Å². The predicted molar refractivity (Wildman–Crippen MR) is 175 cm³/mol. The van der Waals surface area contributed by atoms with E-state index in [-0.39, 0.29) is 18.9 Å². The van der Waals surface area contributed by atoms with Crippen molar-refractivity contribution in [3.05, 3.63) is 72.9 Å². The third-order valence-electron chi connectivity index (χ3n) is 7.07. The first-order valence-electron chi connectivity index (χ1n) is 16.2. The van der Waals surface area contributed by atoms with Crippen LogP contribution in [0.25, 0.3) is 0 Å². The zero-order chi connectivity index (χ0) is 32.4. The van der Waals surface area contributed by atoms with E-state index in [1.54, 1.807) is 12.2 Å². The van der Waals surface area contributed by atoms with Gasteiger partial charge < -0.3 is 40.3 Å². The van der Waals surface area contributed by atoms with Crippen molar-refractivity contribution < 1.29 is 39.8 Å². The van der Waals surface area contributed by atoms with Crippen LogP contribution in [0.1, 0.15) is 84.5 Å². The predicted octanol–water partition coefficient (Wildman–Crippen LogP) is 4.32. The van der Waals surface area contributed by atoms with Crippen LogP contribution in [-0.2, 0) is 14.3 Å². The Morgan fingerprint density at radius 3 is 1.95 bits per heavy atom. The summed E-state index contributed by atoms with van der Waals surface area (Å²) >= 11 is 0. The van der Waals surface area contributed by atoms with Gasteiger partial charge in [0.05, 0.1) is 25.4 Å². The number of carbonyl (C=O) groups excluding carboxylic acids is 1. The average Bonchev–Trinajstić information content (AvgIpc) is 3.02. The number of rotatable bonds is 23. The quantitative estimate of drug-likeness (QED) is 0.0732. The van der Waals surface area contributed by atoms with Crippen LogP contribution in [-0.4, -0.2) is 87.5 Å². The molecule has 0 saturated carbocycles. The summed E-state index contributed by atoms with van der Waals surface area (Å²) in [5, 5.41) is 53.3. The molecular weight excluding hydrogens is 562 g/mol. The second kappa shape index (κ2) is 25.9. The number of nitrogens with one attached hydrogen (secondary N) is 1. The van der Waals surface area contributed by atoms with Gasteiger partial charge in [-0.15, -0.1) is 0 Å². The molecule has 0 radical (unpaired) electrons. The number of unbranched alkanes of at least 4 members (excludes halogenated alkanes) is 4. The molecule has 1 aliphatic rings. The highest BCUT2D eigenvalue weighted by molar-refractivity contribution is 5.77. The molecule has 9 nitrogen and oxygen atoms in total. The van der Waals surface area contributed by atoms with Crippen LogP contribution in [0.2, 0.25) is 0 Å². The van der Waals surface area contributed by atoms with E-state index in [1.807, 2.05) is 18.2 Å². The minimum atomic E-state index is -1.58. The number of hydrogen-bond acceptors (Lipinski definition) is 8. The summed E-state index contributed by atoms with van der Waals surface area (Å²) in [5.41, 5.74) is 0. The van der Waals surface area contributed by atoms with E-state index in [2.05, 4.69) is 61.7 Å². The van der Waals surface area contributed by atoms with Gasteiger partial charge in [0, 0.05) is 6.42 Å². The summed E-state index contributed by atoms with van der Waals surface area (Å²) < 4.78 is 11.0. The van der Waals surface area contributed by atoms with Crippen molar-refractivity contribution in [3.63, 3.8) is 0 Å². The van der Waals surface area contributed by atoms with Gasteiger partial charge in [-0.25, -0.2) is 0 Å². The summed E-state index contributed by atoms with van der Waals surface area (Å²) in [6, 6.07) is -0.857. The summed E-state index contributed by atoms with van der Waals surface area (Å²) in [4.78, 5) is 12.7. The zero-order valence-electron chi connectivity index (χ0n) is 26.6. The zero-order valence-corrected chi connectivity index (χ0v) is 26.6. The normalized spacial score (nSPS) is 24.6. The van der Waals surface area contributed by atoms with Gasteiger partial charge in [-0.05, 0) is 44.9 Å². The van der Waals surface area contributed by atoms with Crippen molar-refractivity contribution in [3.8, 4) is 0 Å². The Kier molecular flexibility index (Phi) is 23.3. The molecule has 44 heavy (non-hydrogen) atoms. The molecule has 6 N–H and O–H groups in total. The van der Waals surface area contributed by atoms with E-state index in [1.165, 1.54) is 0 Å². The van der Waals surface area contributed by atoms with Crippen molar-refractivity contribution in [2.24, 2.45) is 0 Å². The molecule has 250 valence electrons. The fraction of sp³-hybridized carbons (Fsp3) is 0.629. The van der Waals surface area contributed by atoms with Crippen LogP contribution in [0.5, 0.6) is 0 Å². The topological polar surface area (TPSA) is 149 Å². The highest BCUT2D eigenvalue weighted by Gasteiger charge is 2.44. The maximum Gasteiger partial charge on any atom is 0.224 e. The molecule has 0 bridgehead atoms. The second-order valence-electron chi connectivity index (χ2n) is 10.9. The lowest BCUT2D eigenvalue weighted by Gasteiger charge is -2.40. The van der Waals surface area contributed by atoms with Gasteiger partial charge in [0.15, 0.2) is 6.29 Å². The number of ether oxygens (including phenoxy) is 2. The van der Waals surface area contributed by atoms with Gasteiger partial charge in [0.1, 0.15) is 24.4 Å². The van der Waals surface area contributed by atoms with Crippen LogP contribution < -0.4 is 5.32 Å². The molecule has 1 saturated heterocycles. The van der Waals surface area contributed by atoms with Crippen molar-refractivity contribution >= 4 is 5.91 Å². The molecule has 0 aliphatic carbocycles. The van der Waals surface area contributed by atoms with Crippen LogP contribution in [0.3, 0.4) is 0 Å². The minimum absolute atomic E-state index is 0.109. The van der Waals surface area contributed by atoms with Gasteiger partial charge in [0.2, 0.25) is 5.91 Å². The summed E-state index contributed by atoms with van der Waals surface area (Å²) in [6.45, 7) is 3.45. The van der Waals surface area contributed by atoms with Crippen LogP contribution in [0.4, 0.5) is 0 Å². The first-order chi connectivity index (χ1) is 21.3. The van der Waals surface area contributed by atoms with Crippen molar-refractivity contribution in [1.29, 1.82) is 0 Å². The number of amides is 1. The minimum Gasteiger partial charge on any atom is -0.394 e. The first kappa shape index (κ1) is 39.7. The third-order valence-corrected chi connectivity index (χ3v) is 7.07. The Morgan fingerprint density at radius 1 is 0.795 bits per heavy atom. The van der Waals surface area contributed by atoms with E-state index in [9.17, 15) is 30.3 Å². The SMILES string of the molecule is CC/C=C\C/C=C\C/C=C\C/C=C\C/C=C\CC(=O)NC(COC1OC(CO)C(O)C(O)C1O)C(O)/C=C/CCCCCC. The number of allylic oxidation sites excluding steroid dienone is 10. The summed E-state index contributed by atoms with van der Waals surface area (Å²) in [5.74, 6) is -0.316. The summed E-state index contributed by atoms with van der Waals surface area (Å²) in [7, 11) is 0. The maximum atomic E-state index is 12.7. The highest BCUT2D eigenvalue weighted by Crippen LogP contribution is 2.22. The van der Waals surface area contributed by atoms with E-state index in [0.29, 0.717) is 6.42 Å². The molecule has 0 aromatic rings. The lowest BCUT2D eigenvalue weighted by atomic mass is 9.99. The van der Waals surface area contributed by atoms with E-state index in [0.717, 1.165) is 57.8 Å². The molecule has 7 atom stereocenters. The molecule has 1 aliphatic heterocycles. The molecule has 7 unspecified atom stereocenters. The van der Waals surface area contributed by atoms with E-state index < -0.39 is 49.5 Å². The molecule has 1 fully saturated rings. The Balaban J connectivity index is 2.57. The lowest BCUT2D eigenvalue weighted by molar-refractivity contribution is -0.302. The standard InChI is InChI=1S/C35H57NO8/c1-3-5-7-9-11-12-13-14-15-16-17-18-19-21-23-25-31(39)36-28(29(38)24-22-20-10-8-6-4-2)27-43-35-34(42)33(41)32(40)30(26-37)44-35/h5,7,11-12,14-15,17-18,21-24,28-30,32-35,37-38,40-42H,3-4,6,8-10,13,16,19-20,25-27H2,1-2H3,(H,36,39)/b7-5-,12-11-,15-14-,18-17-,23-21-,24-22+. The highest BCUT2D eigenvalue weighted by atomic mass is 16.7. The van der Waals surface area contributed by atoms with E-state index >= 15 is 0 Å². The number of carbonyl (C=O) groups is 1. The molecular formula is C35H57NO8. The van der Waals surface area contributed by atoms with Gasteiger partial charge in [0.25, 0.3) is 0 Å². The second-order valence-corrected chi connectivity index (χ2v) is 10.9. The Morgan fingerprint density at radius 2 is 1.39 bits per heavy atom. The molecule has 1 heterocycles. The van der Waals surface area contributed by atoms with E-state index in [4.69, 9.17) is 9.47 Å². The number of aliphatic hydroxyl groups is 5. The molecule has 9 heteroatoms. The third kappa shape index (κ3) is 17.8. The molecule has 0 spiro atoms. The van der Waals surface area contributed by atoms with Crippen LogP contribution in [0.15, 0.2) is 72.9 Å². The fourth-order valence-corrected chi connectivity index (χ4v) is 4.39. The molecule has 1 amide bonds. The van der Waals surface area contributed by atoms with Gasteiger partial charge in [-0.3, -0.25) is 4.79 Å². The molecule has 1 rings (SSSR count). The smallest absolute Gasteiger partial charge is 0.224 e. The number of aliphatic hydroxyl groups excluding tert-OH is 5. The van der Waals surface area contributed by atoms with Crippen LogP contribution in [0, 0.1) is 0 Å². The van der Waals surface area contributed by atoms with Crippen molar-refractivity contribution in [2.75, 3.05) is 13.2 Å². The summed E-state index contributed by atoms with van der Waals surface area (Å²) in [6.07, 6.45) is 25.8. The Labute approximate surface area is 264 Å². The fourth-order valence-electron chi connectivity index (χ4n) is 4.39. The maximum absolute atomic E-state index is 12.7. The average molecular weight is 620 g/mol. The van der Waals surface area contributed by atoms with Gasteiger partial charge in [-0.2, -0.15) is 0 Å². The van der Waals surface area contributed by atoms with Crippen molar-refractivity contribution in [1.82, 2.24) is 5.32 Å². The Hall–Kier alpha value is -2.37. The van der Waals surface area contributed by atoms with Gasteiger partial charge >= 0.3 is 0 Å². The largest absolute Gasteiger partial charge is 0.394 e. The van der Waals surface area contributed by atoms with Crippen LogP contribution >= 0.6 is 0 Å². The monoisotopic (exact) mass is 619 g/mol. The Bertz CT molecular complexity index is 910.